The molecule has 1 N–H and O–H groups in total. The van der Waals surface area contributed by atoms with Crippen LogP contribution in [0.3, 0.4) is 0 Å². The molecule has 30 heavy (non-hydrogen) atoms. The molecule has 0 aliphatic carbocycles. The lowest BCUT2D eigenvalue weighted by Crippen LogP contribution is -2.51. The molecule has 0 aliphatic rings. The van der Waals surface area contributed by atoms with Crippen molar-refractivity contribution in [2.75, 3.05) is 0 Å². The highest BCUT2D eigenvalue weighted by Crippen LogP contribution is 2.23. The maximum atomic E-state index is 3.98. The van der Waals surface area contributed by atoms with Crippen LogP contribution in [0.4, 0.5) is 0 Å². The molecular formula is C28H60BrN. The molecule has 0 fully saturated rings. The fourth-order valence-electron chi connectivity index (χ4n) is 4.80. The minimum Gasteiger partial charge on any atom is -0.307 e. The van der Waals surface area contributed by atoms with Crippen molar-refractivity contribution < 1.29 is 0 Å². The van der Waals surface area contributed by atoms with Gasteiger partial charge in [0.05, 0.1) is 0 Å². The maximum absolute atomic E-state index is 3.98. The summed E-state index contributed by atoms with van der Waals surface area (Å²) in [6.07, 6.45) is 28.2. The van der Waals surface area contributed by atoms with E-state index in [9.17, 15) is 0 Å². The Bertz CT molecular complexity index is 306. The molecule has 184 valence electrons. The standard InChI is InChI=1S/C28H59N.BrH/c1-7-9-11-13-15-17-19-21-23-25-27(3,4)29-28(5,6)26-24-22-20-18-16-14-12-10-8-2;/h29H,7-26H2,1-6H3;1H. The van der Waals surface area contributed by atoms with Gasteiger partial charge in [0.15, 0.2) is 0 Å². The van der Waals surface area contributed by atoms with Gasteiger partial charge in [0, 0.05) is 11.1 Å². The molecular weight excluding hydrogens is 430 g/mol. The highest BCUT2D eigenvalue weighted by Gasteiger charge is 2.26. The van der Waals surface area contributed by atoms with E-state index < -0.39 is 0 Å². The zero-order valence-electron chi connectivity index (χ0n) is 22.1. The Morgan fingerprint density at radius 2 is 0.633 bits per heavy atom. The van der Waals surface area contributed by atoms with Gasteiger partial charge in [-0.15, -0.1) is 17.0 Å². The normalized spacial score (nSPS) is 12.2. The lowest BCUT2D eigenvalue weighted by Gasteiger charge is -2.37. The molecule has 0 saturated carbocycles. The van der Waals surface area contributed by atoms with Crippen LogP contribution in [-0.4, -0.2) is 11.1 Å². The van der Waals surface area contributed by atoms with Crippen molar-refractivity contribution in [3.05, 3.63) is 0 Å². The van der Waals surface area contributed by atoms with E-state index in [1.807, 2.05) is 0 Å². The van der Waals surface area contributed by atoms with Gasteiger partial charge in [-0.25, -0.2) is 0 Å². The van der Waals surface area contributed by atoms with E-state index in [1.54, 1.807) is 0 Å². The number of rotatable bonds is 22. The van der Waals surface area contributed by atoms with E-state index in [-0.39, 0.29) is 28.1 Å². The topological polar surface area (TPSA) is 12.0 Å². The first kappa shape index (κ1) is 32.6. The molecule has 2 heteroatoms. The van der Waals surface area contributed by atoms with Gasteiger partial charge in [0.2, 0.25) is 0 Å². The summed E-state index contributed by atoms with van der Waals surface area (Å²) >= 11 is 0. The minimum atomic E-state index is 0. The van der Waals surface area contributed by atoms with Crippen molar-refractivity contribution >= 4 is 17.0 Å². The van der Waals surface area contributed by atoms with E-state index in [2.05, 4.69) is 46.9 Å². The van der Waals surface area contributed by atoms with Crippen molar-refractivity contribution in [1.29, 1.82) is 0 Å². The van der Waals surface area contributed by atoms with Crippen LogP contribution in [0.2, 0.25) is 0 Å². The summed E-state index contributed by atoms with van der Waals surface area (Å²) in [5, 5.41) is 3.98. The molecule has 0 unspecified atom stereocenters. The van der Waals surface area contributed by atoms with E-state index >= 15 is 0 Å². The summed E-state index contributed by atoms with van der Waals surface area (Å²) in [7, 11) is 0. The number of hydrogen-bond acceptors (Lipinski definition) is 1. The third-order valence-corrected chi connectivity index (χ3v) is 6.49. The van der Waals surface area contributed by atoms with Crippen LogP contribution in [0, 0.1) is 0 Å². The Hall–Kier alpha value is 0.440. The molecule has 0 saturated heterocycles. The van der Waals surface area contributed by atoms with Crippen molar-refractivity contribution in [3.8, 4) is 0 Å². The summed E-state index contributed by atoms with van der Waals surface area (Å²) in [6, 6.07) is 0. The van der Waals surface area contributed by atoms with Crippen LogP contribution >= 0.6 is 17.0 Å². The average Bonchev–Trinajstić information content (AvgIpc) is 2.64. The third kappa shape index (κ3) is 23.1. The quantitative estimate of drug-likeness (QED) is 0.149. The van der Waals surface area contributed by atoms with E-state index in [0.29, 0.717) is 0 Å². The summed E-state index contributed by atoms with van der Waals surface area (Å²) in [5.74, 6) is 0. The van der Waals surface area contributed by atoms with Crippen molar-refractivity contribution in [3.63, 3.8) is 0 Å². The van der Waals surface area contributed by atoms with Gasteiger partial charge in [-0.05, 0) is 40.5 Å². The summed E-state index contributed by atoms with van der Waals surface area (Å²) < 4.78 is 0. The summed E-state index contributed by atoms with van der Waals surface area (Å²) in [5.41, 5.74) is 0.536. The predicted octanol–water partition coefficient (Wildman–Crippen LogP) is 10.6. The molecule has 0 radical (unpaired) electrons. The lowest BCUT2D eigenvalue weighted by molar-refractivity contribution is 0.230. The monoisotopic (exact) mass is 489 g/mol. The van der Waals surface area contributed by atoms with Crippen molar-refractivity contribution in [1.82, 2.24) is 5.32 Å². The molecule has 0 aromatic heterocycles. The number of nitrogens with one attached hydrogen (secondary N) is 1. The number of unbranched alkanes of at least 4 members (excludes halogenated alkanes) is 16. The molecule has 0 atom stereocenters. The van der Waals surface area contributed by atoms with E-state index in [1.165, 1.54) is 128 Å². The van der Waals surface area contributed by atoms with Crippen LogP contribution in [0.5, 0.6) is 0 Å². The first-order valence-electron chi connectivity index (χ1n) is 13.6. The van der Waals surface area contributed by atoms with Gasteiger partial charge >= 0.3 is 0 Å². The second-order valence-corrected chi connectivity index (χ2v) is 11.0. The first-order chi connectivity index (χ1) is 13.8. The van der Waals surface area contributed by atoms with Crippen LogP contribution < -0.4 is 5.32 Å². The second-order valence-electron chi connectivity index (χ2n) is 11.0. The molecule has 1 nitrogen and oxygen atoms in total. The van der Waals surface area contributed by atoms with Crippen LogP contribution in [-0.2, 0) is 0 Å². The van der Waals surface area contributed by atoms with Crippen molar-refractivity contribution in [2.24, 2.45) is 0 Å². The number of hydrogen-bond donors (Lipinski definition) is 1. The number of halogens is 1. The highest BCUT2D eigenvalue weighted by atomic mass is 79.9. The second kappa shape index (κ2) is 21.3. The average molecular weight is 491 g/mol. The zero-order valence-corrected chi connectivity index (χ0v) is 23.8. The first-order valence-corrected chi connectivity index (χ1v) is 13.6. The molecule has 0 aromatic rings. The summed E-state index contributed by atoms with van der Waals surface area (Å²) in [6.45, 7) is 14.2. The Balaban J connectivity index is 0. The van der Waals surface area contributed by atoms with Gasteiger partial charge in [-0.3, -0.25) is 0 Å². The van der Waals surface area contributed by atoms with Gasteiger partial charge in [-0.2, -0.15) is 0 Å². The van der Waals surface area contributed by atoms with Gasteiger partial charge in [-0.1, -0.05) is 129 Å². The fraction of sp³-hybridized carbons (Fsp3) is 1.00. The minimum absolute atomic E-state index is 0. The molecule has 0 aromatic carbocycles. The van der Waals surface area contributed by atoms with Crippen LogP contribution in [0.25, 0.3) is 0 Å². The Morgan fingerprint density at radius 1 is 0.400 bits per heavy atom. The van der Waals surface area contributed by atoms with Gasteiger partial charge in [0.25, 0.3) is 0 Å². The SMILES string of the molecule is Br.CCCCCCCCCCCC(C)(C)NC(C)(C)CCCCCCCCCCC. The summed E-state index contributed by atoms with van der Waals surface area (Å²) in [4.78, 5) is 0. The molecule has 0 aliphatic heterocycles. The van der Waals surface area contributed by atoms with Crippen LogP contribution in [0.1, 0.15) is 170 Å². The largest absolute Gasteiger partial charge is 0.307 e. The molecule has 0 bridgehead atoms. The molecule has 0 rings (SSSR count). The molecule has 0 spiro atoms. The van der Waals surface area contributed by atoms with Gasteiger partial charge < -0.3 is 5.32 Å². The van der Waals surface area contributed by atoms with Crippen LogP contribution in [0.15, 0.2) is 0 Å². The predicted molar refractivity (Wildman–Crippen MR) is 145 cm³/mol. The van der Waals surface area contributed by atoms with E-state index in [0.717, 1.165) is 0 Å². The molecule has 0 amide bonds. The smallest absolute Gasteiger partial charge is 0.0130 e. The van der Waals surface area contributed by atoms with E-state index in [4.69, 9.17) is 0 Å². The lowest BCUT2D eigenvalue weighted by atomic mass is 9.89. The zero-order chi connectivity index (χ0) is 21.8. The highest BCUT2D eigenvalue weighted by molar-refractivity contribution is 8.93. The molecule has 0 heterocycles. The Kier molecular flexibility index (Phi) is 23.2. The third-order valence-electron chi connectivity index (χ3n) is 6.49. The fourth-order valence-corrected chi connectivity index (χ4v) is 4.80. The maximum Gasteiger partial charge on any atom is 0.0130 e. The Morgan fingerprint density at radius 3 is 0.900 bits per heavy atom. The van der Waals surface area contributed by atoms with Gasteiger partial charge in [0.1, 0.15) is 0 Å². The van der Waals surface area contributed by atoms with Crippen molar-refractivity contribution in [2.45, 2.75) is 181 Å². The Labute approximate surface area is 203 Å².